The van der Waals surface area contributed by atoms with E-state index in [9.17, 15) is 0 Å². The summed E-state index contributed by atoms with van der Waals surface area (Å²) in [6, 6.07) is 0. The van der Waals surface area contributed by atoms with Gasteiger partial charge in [0, 0.05) is 0 Å². The van der Waals surface area contributed by atoms with Crippen molar-refractivity contribution in [1.29, 1.82) is 5.26 Å². The van der Waals surface area contributed by atoms with Gasteiger partial charge in [-0.15, -0.1) is 0 Å². The highest BCUT2D eigenvalue weighted by Crippen LogP contribution is 1.96. The van der Waals surface area contributed by atoms with Gasteiger partial charge >= 0.3 is 0 Å². The van der Waals surface area contributed by atoms with Gasteiger partial charge in [0.25, 0.3) is 0 Å². The van der Waals surface area contributed by atoms with Gasteiger partial charge in [-0.2, -0.15) is 15.2 Å². The molecule has 6 heteroatoms. The fourth-order valence-electron chi connectivity index (χ4n) is 0.407. The van der Waals surface area contributed by atoms with Crippen LogP contribution in [0.3, 0.4) is 0 Å². The van der Waals surface area contributed by atoms with Crippen LogP contribution in [-0.2, 0) is 0 Å². The van der Waals surface area contributed by atoms with E-state index in [0.717, 1.165) is 6.33 Å². The van der Waals surface area contributed by atoms with E-state index in [1.54, 1.807) is 6.19 Å². The Bertz CT molecular complexity index is 263. The maximum absolute atomic E-state index is 8.09. The molecule has 0 spiro atoms. The Morgan fingerprint density at radius 1 is 1.60 bits per heavy atom. The number of hydrogen-bond acceptors (Lipinski definition) is 5. The fourth-order valence-corrected chi connectivity index (χ4v) is 0.407. The fraction of sp³-hybridized carbons (Fsp3) is 0. The Labute approximate surface area is 56.7 Å². The minimum atomic E-state index is -0.159. The molecular formula is C4H3N6. The van der Waals surface area contributed by atoms with Crippen molar-refractivity contribution >= 4 is 11.9 Å². The molecule has 1 aromatic rings. The molecule has 1 radical (unpaired) electrons. The number of hydrogen-bond donors (Lipinski definition) is 1. The molecule has 0 amide bonds. The predicted octanol–water partition coefficient (Wildman–Crippen LogP) is -0.321. The predicted molar refractivity (Wildman–Crippen MR) is 31.8 cm³/mol. The van der Waals surface area contributed by atoms with Crippen molar-refractivity contribution in [2.24, 2.45) is 0 Å². The summed E-state index contributed by atoms with van der Waals surface area (Å²) in [6.45, 7) is 0. The molecule has 0 saturated carbocycles. The van der Waals surface area contributed by atoms with E-state index in [-0.39, 0.29) is 11.9 Å². The van der Waals surface area contributed by atoms with Crippen LogP contribution in [0.5, 0.6) is 0 Å². The van der Waals surface area contributed by atoms with Gasteiger partial charge in [0.2, 0.25) is 11.9 Å². The van der Waals surface area contributed by atoms with Crippen molar-refractivity contribution < 1.29 is 0 Å². The Kier molecular flexibility index (Phi) is 1.61. The van der Waals surface area contributed by atoms with Gasteiger partial charge in [-0.3, -0.25) is 11.1 Å². The lowest BCUT2D eigenvalue weighted by atomic mass is 10.9. The van der Waals surface area contributed by atoms with Crippen LogP contribution in [0.4, 0.5) is 11.9 Å². The van der Waals surface area contributed by atoms with Crippen molar-refractivity contribution in [3.05, 3.63) is 6.33 Å². The third-order valence-electron chi connectivity index (χ3n) is 0.740. The molecule has 0 aromatic carbocycles. The van der Waals surface area contributed by atoms with Gasteiger partial charge in [0.05, 0.1) is 0 Å². The number of nitrogens with zero attached hydrogens (tertiary/aromatic N) is 4. The number of aromatic nitrogens is 3. The molecule has 0 unspecified atom stereocenters. The first kappa shape index (κ1) is 6.22. The highest BCUT2D eigenvalue weighted by molar-refractivity contribution is 5.31. The first-order valence-electron chi connectivity index (χ1n) is 2.38. The molecule has 0 aliphatic carbocycles. The van der Waals surface area contributed by atoms with E-state index >= 15 is 0 Å². The summed E-state index contributed by atoms with van der Waals surface area (Å²) >= 11 is 0. The van der Waals surface area contributed by atoms with E-state index < -0.39 is 0 Å². The number of anilines is 1. The number of nitriles is 1. The van der Waals surface area contributed by atoms with Crippen LogP contribution >= 0.6 is 0 Å². The smallest absolute Gasteiger partial charge is 0.246 e. The van der Waals surface area contributed by atoms with Crippen LogP contribution < -0.4 is 11.1 Å². The van der Waals surface area contributed by atoms with E-state index in [4.69, 9.17) is 11.0 Å². The molecule has 0 aliphatic rings. The van der Waals surface area contributed by atoms with Crippen LogP contribution in [0.1, 0.15) is 0 Å². The van der Waals surface area contributed by atoms with E-state index in [1.807, 2.05) is 0 Å². The van der Waals surface area contributed by atoms with E-state index in [1.165, 1.54) is 0 Å². The van der Waals surface area contributed by atoms with Gasteiger partial charge < -0.3 is 0 Å². The van der Waals surface area contributed by atoms with Crippen molar-refractivity contribution in [2.45, 2.75) is 0 Å². The lowest BCUT2D eigenvalue weighted by molar-refractivity contribution is 1.03. The van der Waals surface area contributed by atoms with Gasteiger partial charge in [-0.05, 0) is 0 Å². The van der Waals surface area contributed by atoms with Crippen LogP contribution in [0, 0.1) is 11.5 Å². The average molecular weight is 135 g/mol. The molecule has 0 aliphatic heterocycles. The molecule has 0 saturated heterocycles. The molecule has 6 nitrogen and oxygen atoms in total. The highest BCUT2D eigenvalue weighted by Gasteiger charge is 1.93. The second kappa shape index (κ2) is 2.59. The molecule has 0 atom stereocenters. The SMILES string of the molecule is N#CNc1ncnc([NH])n1. The minimum absolute atomic E-state index is 0.0995. The first-order valence-corrected chi connectivity index (χ1v) is 2.38. The quantitative estimate of drug-likeness (QED) is 0.420. The standard InChI is InChI=1S/C4H3N6/c5-1-7-4-9-2-8-3(6)10-4/h2,6H,(H,7,8,9,10). The largest absolute Gasteiger partial charge is 0.265 e. The van der Waals surface area contributed by atoms with Gasteiger partial charge in [-0.25, -0.2) is 4.98 Å². The van der Waals surface area contributed by atoms with Crippen molar-refractivity contribution in [1.82, 2.24) is 20.7 Å². The molecule has 0 bridgehead atoms. The molecule has 0 fully saturated rings. The van der Waals surface area contributed by atoms with Crippen molar-refractivity contribution in [3.8, 4) is 6.19 Å². The second-order valence-corrected chi connectivity index (χ2v) is 1.37. The molecule has 49 valence electrons. The second-order valence-electron chi connectivity index (χ2n) is 1.37. The maximum Gasteiger partial charge on any atom is 0.246 e. The van der Waals surface area contributed by atoms with Crippen LogP contribution in [0.2, 0.25) is 0 Å². The molecule has 10 heavy (non-hydrogen) atoms. The Morgan fingerprint density at radius 2 is 2.40 bits per heavy atom. The third-order valence-corrected chi connectivity index (χ3v) is 0.740. The zero-order valence-corrected chi connectivity index (χ0v) is 4.87. The maximum atomic E-state index is 8.09. The normalized spacial score (nSPS) is 8.30. The Hall–Kier alpha value is -1.90. The summed E-state index contributed by atoms with van der Waals surface area (Å²) in [7, 11) is 0. The zero-order valence-electron chi connectivity index (χ0n) is 4.87. The van der Waals surface area contributed by atoms with Gasteiger partial charge in [0.1, 0.15) is 6.33 Å². The topological polar surface area (TPSA) is 98.3 Å². The molecule has 1 rings (SSSR count). The zero-order chi connectivity index (χ0) is 7.40. The summed E-state index contributed by atoms with van der Waals surface area (Å²) in [4.78, 5) is 10.4. The monoisotopic (exact) mass is 135 g/mol. The van der Waals surface area contributed by atoms with Crippen LogP contribution in [-0.4, -0.2) is 15.0 Å². The molecular weight excluding hydrogens is 132 g/mol. The Morgan fingerprint density at radius 3 is 3.00 bits per heavy atom. The summed E-state index contributed by atoms with van der Waals surface area (Å²) < 4.78 is 0. The summed E-state index contributed by atoms with van der Waals surface area (Å²) in [5, 5.41) is 10.3. The summed E-state index contributed by atoms with van der Waals surface area (Å²) in [5.41, 5.74) is 6.90. The average Bonchev–Trinajstić information content (AvgIpc) is 1.88. The number of nitrogens with one attached hydrogen (secondary N) is 2. The lowest BCUT2D eigenvalue weighted by Gasteiger charge is -1.91. The van der Waals surface area contributed by atoms with Crippen molar-refractivity contribution in [2.75, 3.05) is 5.32 Å². The van der Waals surface area contributed by atoms with Crippen LogP contribution in [0.15, 0.2) is 6.33 Å². The highest BCUT2D eigenvalue weighted by atomic mass is 15.2. The van der Waals surface area contributed by atoms with E-state index in [2.05, 4.69) is 20.3 Å². The third kappa shape index (κ3) is 1.29. The van der Waals surface area contributed by atoms with Crippen LogP contribution in [0.25, 0.3) is 0 Å². The van der Waals surface area contributed by atoms with Gasteiger partial charge in [-0.1, -0.05) is 0 Å². The number of rotatable bonds is 1. The Balaban J connectivity index is 2.87. The van der Waals surface area contributed by atoms with Crippen molar-refractivity contribution in [3.63, 3.8) is 0 Å². The molecule has 1 aromatic heterocycles. The van der Waals surface area contributed by atoms with Gasteiger partial charge in [0.15, 0.2) is 6.19 Å². The van der Waals surface area contributed by atoms with E-state index in [0.29, 0.717) is 0 Å². The summed E-state index contributed by atoms with van der Waals surface area (Å²) in [6.07, 6.45) is 2.79. The first-order chi connectivity index (χ1) is 4.83. The minimum Gasteiger partial charge on any atom is -0.265 e. The molecule has 2 N–H and O–H groups in total. The summed E-state index contributed by atoms with van der Waals surface area (Å²) in [5.74, 6) is -0.0600. The molecule has 1 heterocycles. The lowest BCUT2D eigenvalue weighted by Crippen LogP contribution is -1.96.